The second kappa shape index (κ2) is 8.35. The van der Waals surface area contributed by atoms with Gasteiger partial charge < -0.3 is 30.1 Å². The SMILES string of the molecule is OC[C@H]1O[C@@H](c2[nH]c3cccc(Cl)c3c2Cc2ccc(Br)cc2)[C@H](O)[C@@H](O)[C@@H]1O. The number of hydrogen-bond donors (Lipinski definition) is 5. The molecule has 1 saturated heterocycles. The van der Waals surface area contributed by atoms with Crippen molar-refractivity contribution < 1.29 is 25.2 Å². The minimum Gasteiger partial charge on any atom is -0.394 e. The largest absolute Gasteiger partial charge is 0.394 e. The van der Waals surface area contributed by atoms with E-state index in [2.05, 4.69) is 20.9 Å². The Bertz CT molecular complexity index is 1010. The molecule has 3 aromatic rings. The number of hydrogen-bond acceptors (Lipinski definition) is 5. The normalized spacial score (nSPS) is 27.4. The first kappa shape index (κ1) is 20.8. The highest BCUT2D eigenvalue weighted by Gasteiger charge is 2.45. The Labute approximate surface area is 180 Å². The predicted molar refractivity (Wildman–Crippen MR) is 113 cm³/mol. The molecule has 1 aromatic heterocycles. The van der Waals surface area contributed by atoms with Crippen LogP contribution in [-0.2, 0) is 11.2 Å². The van der Waals surface area contributed by atoms with E-state index in [0.717, 1.165) is 26.5 Å². The Morgan fingerprint density at radius 2 is 1.72 bits per heavy atom. The third kappa shape index (κ3) is 3.84. The van der Waals surface area contributed by atoms with Crippen LogP contribution in [0.1, 0.15) is 22.9 Å². The second-order valence-corrected chi connectivity index (χ2v) is 8.56. The number of aromatic amines is 1. The van der Waals surface area contributed by atoms with Gasteiger partial charge in [0.1, 0.15) is 30.5 Å². The van der Waals surface area contributed by atoms with Crippen molar-refractivity contribution in [2.75, 3.05) is 6.61 Å². The Balaban J connectivity index is 1.83. The van der Waals surface area contributed by atoms with Gasteiger partial charge in [0.15, 0.2) is 0 Å². The average molecular weight is 483 g/mol. The molecule has 2 aromatic carbocycles. The zero-order chi connectivity index (χ0) is 20.7. The molecule has 0 spiro atoms. The maximum Gasteiger partial charge on any atom is 0.127 e. The first-order valence-electron chi connectivity index (χ1n) is 9.24. The number of rotatable bonds is 4. The molecular weight excluding hydrogens is 462 g/mol. The summed E-state index contributed by atoms with van der Waals surface area (Å²) in [6, 6.07) is 13.3. The number of fused-ring (bicyclic) bond motifs is 1. The number of nitrogens with one attached hydrogen (secondary N) is 1. The first-order chi connectivity index (χ1) is 13.9. The summed E-state index contributed by atoms with van der Waals surface area (Å²) in [5.41, 5.74) is 3.20. The van der Waals surface area contributed by atoms with E-state index < -0.39 is 37.1 Å². The van der Waals surface area contributed by atoms with Crippen molar-refractivity contribution >= 4 is 38.4 Å². The highest BCUT2D eigenvalue weighted by Crippen LogP contribution is 2.39. The summed E-state index contributed by atoms with van der Waals surface area (Å²) in [6.45, 7) is -0.482. The van der Waals surface area contributed by atoms with E-state index in [-0.39, 0.29) is 0 Å². The standard InChI is InChI=1S/C21H21BrClNO5/c22-11-6-4-10(5-7-11)8-12-16-13(23)2-1-3-14(16)24-17(12)21-20(28)19(27)18(26)15(9-25)29-21/h1-7,15,18-21,24-28H,8-9H2/t15-,18-,19+,20-,21+/m1/s1. The minimum atomic E-state index is -1.45. The summed E-state index contributed by atoms with van der Waals surface area (Å²) in [5.74, 6) is 0. The summed E-state index contributed by atoms with van der Waals surface area (Å²) in [5, 5.41) is 41.9. The summed E-state index contributed by atoms with van der Waals surface area (Å²) >= 11 is 9.92. The van der Waals surface area contributed by atoms with Crippen molar-refractivity contribution in [3.05, 3.63) is 68.8 Å². The number of halogens is 2. The zero-order valence-electron chi connectivity index (χ0n) is 15.3. The Morgan fingerprint density at radius 1 is 1.00 bits per heavy atom. The third-order valence-electron chi connectivity index (χ3n) is 5.38. The second-order valence-electron chi connectivity index (χ2n) is 7.23. The van der Waals surface area contributed by atoms with Crippen LogP contribution < -0.4 is 0 Å². The van der Waals surface area contributed by atoms with E-state index in [9.17, 15) is 20.4 Å². The summed E-state index contributed by atoms with van der Waals surface area (Å²) in [6.07, 6.45) is -5.66. The van der Waals surface area contributed by atoms with E-state index in [0.29, 0.717) is 17.1 Å². The van der Waals surface area contributed by atoms with Crippen LogP contribution in [0.4, 0.5) is 0 Å². The molecule has 1 aliphatic heterocycles. The van der Waals surface area contributed by atoms with Gasteiger partial charge in [-0.2, -0.15) is 0 Å². The zero-order valence-corrected chi connectivity index (χ0v) is 17.6. The van der Waals surface area contributed by atoms with Crippen LogP contribution in [0.5, 0.6) is 0 Å². The maximum atomic E-state index is 10.6. The number of benzene rings is 2. The summed E-state index contributed by atoms with van der Waals surface area (Å²) in [7, 11) is 0. The molecule has 5 N–H and O–H groups in total. The van der Waals surface area contributed by atoms with Crippen LogP contribution in [-0.4, -0.2) is 56.4 Å². The summed E-state index contributed by atoms with van der Waals surface area (Å²) < 4.78 is 6.76. The van der Waals surface area contributed by atoms with Crippen molar-refractivity contribution in [2.45, 2.75) is 36.9 Å². The Morgan fingerprint density at radius 3 is 2.41 bits per heavy atom. The molecular formula is C21H21BrClNO5. The van der Waals surface area contributed by atoms with Gasteiger partial charge in [-0.3, -0.25) is 0 Å². The van der Waals surface area contributed by atoms with Crippen molar-refractivity contribution in [1.82, 2.24) is 4.98 Å². The van der Waals surface area contributed by atoms with E-state index in [1.807, 2.05) is 36.4 Å². The molecule has 6 nitrogen and oxygen atoms in total. The molecule has 0 amide bonds. The predicted octanol–water partition coefficient (Wildman–Crippen LogP) is 2.69. The molecule has 4 rings (SSSR count). The highest BCUT2D eigenvalue weighted by molar-refractivity contribution is 9.10. The monoisotopic (exact) mass is 481 g/mol. The number of aliphatic hydroxyl groups excluding tert-OH is 4. The number of ether oxygens (including phenoxy) is 1. The molecule has 2 heterocycles. The van der Waals surface area contributed by atoms with Gasteiger partial charge in [0.05, 0.1) is 17.3 Å². The molecule has 0 aliphatic carbocycles. The van der Waals surface area contributed by atoms with Gasteiger partial charge in [-0.1, -0.05) is 45.7 Å². The fourth-order valence-corrected chi connectivity index (χ4v) is 4.42. The molecule has 8 heteroatoms. The molecule has 5 atom stereocenters. The van der Waals surface area contributed by atoms with Gasteiger partial charge in [-0.25, -0.2) is 0 Å². The van der Waals surface area contributed by atoms with Crippen molar-refractivity contribution in [3.63, 3.8) is 0 Å². The molecule has 1 aliphatic rings. The van der Waals surface area contributed by atoms with Gasteiger partial charge in [-0.05, 0) is 41.8 Å². The Kier molecular flexibility index (Phi) is 5.99. The lowest BCUT2D eigenvalue weighted by Crippen LogP contribution is -2.55. The lowest BCUT2D eigenvalue weighted by atomic mass is 9.90. The van der Waals surface area contributed by atoms with Crippen LogP contribution in [0.2, 0.25) is 5.02 Å². The van der Waals surface area contributed by atoms with Gasteiger partial charge in [0.2, 0.25) is 0 Å². The van der Waals surface area contributed by atoms with Gasteiger partial charge >= 0.3 is 0 Å². The maximum absolute atomic E-state index is 10.6. The molecule has 0 saturated carbocycles. The van der Waals surface area contributed by atoms with Crippen molar-refractivity contribution in [1.29, 1.82) is 0 Å². The summed E-state index contributed by atoms with van der Waals surface area (Å²) in [4.78, 5) is 3.26. The van der Waals surface area contributed by atoms with Crippen LogP contribution in [0.25, 0.3) is 10.9 Å². The van der Waals surface area contributed by atoms with E-state index in [1.54, 1.807) is 6.07 Å². The minimum absolute atomic E-state index is 0.482. The number of aliphatic hydroxyl groups is 4. The van der Waals surface area contributed by atoms with Gasteiger partial charge in [0, 0.05) is 15.4 Å². The molecule has 0 unspecified atom stereocenters. The smallest absolute Gasteiger partial charge is 0.127 e. The van der Waals surface area contributed by atoms with E-state index >= 15 is 0 Å². The van der Waals surface area contributed by atoms with Crippen molar-refractivity contribution in [2.24, 2.45) is 0 Å². The molecule has 0 radical (unpaired) electrons. The first-order valence-corrected chi connectivity index (χ1v) is 10.4. The van der Waals surface area contributed by atoms with Crippen molar-refractivity contribution in [3.8, 4) is 0 Å². The Hall–Kier alpha value is -1.45. The average Bonchev–Trinajstić information content (AvgIpc) is 3.07. The van der Waals surface area contributed by atoms with Crippen LogP contribution in [0.15, 0.2) is 46.9 Å². The fraction of sp³-hybridized carbons (Fsp3) is 0.333. The topological polar surface area (TPSA) is 106 Å². The molecule has 1 fully saturated rings. The lowest BCUT2D eigenvalue weighted by molar-refractivity contribution is -0.232. The van der Waals surface area contributed by atoms with E-state index in [4.69, 9.17) is 16.3 Å². The van der Waals surface area contributed by atoms with Gasteiger partial charge in [0.25, 0.3) is 0 Å². The van der Waals surface area contributed by atoms with Gasteiger partial charge in [-0.15, -0.1) is 0 Å². The number of H-pyrrole nitrogens is 1. The van der Waals surface area contributed by atoms with Crippen LogP contribution in [0, 0.1) is 0 Å². The molecule has 154 valence electrons. The molecule has 0 bridgehead atoms. The van der Waals surface area contributed by atoms with Crippen LogP contribution >= 0.6 is 27.5 Å². The fourth-order valence-electron chi connectivity index (χ4n) is 3.86. The van der Waals surface area contributed by atoms with E-state index in [1.165, 1.54) is 0 Å². The molecule has 29 heavy (non-hydrogen) atoms. The quantitative estimate of drug-likeness (QED) is 0.393. The van der Waals surface area contributed by atoms with Crippen LogP contribution in [0.3, 0.4) is 0 Å². The lowest BCUT2D eigenvalue weighted by Gasteiger charge is -2.40. The number of aromatic nitrogens is 1. The highest BCUT2D eigenvalue weighted by atomic mass is 79.9. The third-order valence-corrected chi connectivity index (χ3v) is 6.22.